The van der Waals surface area contributed by atoms with Crippen molar-refractivity contribution >= 4 is 18.0 Å². The molecule has 0 aromatic rings. The second kappa shape index (κ2) is 14.2. The van der Waals surface area contributed by atoms with Crippen LogP contribution in [-0.2, 0) is 19.1 Å². The molecule has 0 aliphatic heterocycles. The number of carbonyl (C=O) groups is 3. The molecule has 3 atom stereocenters. The molecule has 0 saturated carbocycles. The Kier molecular flexibility index (Phi) is 13.4. The molecule has 0 rings (SSSR count). The number of carboxylic acid groups (broad SMARTS) is 1. The number of rotatable bonds is 14. The van der Waals surface area contributed by atoms with Crippen molar-refractivity contribution in [2.75, 3.05) is 6.54 Å². The van der Waals surface area contributed by atoms with Crippen molar-refractivity contribution < 1.29 is 29.0 Å². The number of esters is 1. The predicted molar refractivity (Wildman–Crippen MR) is 112 cm³/mol. The Morgan fingerprint density at radius 3 is 2.03 bits per heavy atom. The van der Waals surface area contributed by atoms with Gasteiger partial charge in [-0.1, -0.05) is 74.1 Å². The van der Waals surface area contributed by atoms with Crippen LogP contribution < -0.4 is 5.32 Å². The molecule has 2 N–H and O–H groups in total. The van der Waals surface area contributed by atoms with Crippen molar-refractivity contribution in [3.05, 3.63) is 0 Å². The van der Waals surface area contributed by atoms with Crippen molar-refractivity contribution in [1.82, 2.24) is 5.32 Å². The van der Waals surface area contributed by atoms with E-state index in [-0.39, 0.29) is 18.4 Å². The third-order valence-electron chi connectivity index (χ3n) is 4.90. The van der Waals surface area contributed by atoms with E-state index in [2.05, 4.69) is 26.1 Å². The van der Waals surface area contributed by atoms with E-state index in [0.29, 0.717) is 18.3 Å². The van der Waals surface area contributed by atoms with E-state index in [1.165, 1.54) is 0 Å². The van der Waals surface area contributed by atoms with Gasteiger partial charge in [0.05, 0.1) is 11.8 Å². The number of aliphatic carboxylic acids is 1. The molecule has 0 spiro atoms. The van der Waals surface area contributed by atoms with Gasteiger partial charge in [-0.2, -0.15) is 0 Å². The molecule has 0 aliphatic carbocycles. The largest absolute Gasteiger partial charge is 0.481 e. The maximum atomic E-state index is 12.1. The third kappa shape index (κ3) is 12.4. The molecule has 170 valence electrons. The Bertz CT molecular complexity index is 504. The highest BCUT2D eigenvalue weighted by atomic mass is 16.7. The maximum absolute atomic E-state index is 12.1. The molecule has 1 amide bonds. The van der Waals surface area contributed by atoms with Gasteiger partial charge in [-0.15, -0.1) is 0 Å². The second-order valence-electron chi connectivity index (χ2n) is 8.86. The minimum absolute atomic E-state index is 0.0161. The molecule has 29 heavy (non-hydrogen) atoms. The second-order valence-corrected chi connectivity index (χ2v) is 8.86. The minimum Gasteiger partial charge on any atom is -0.481 e. The van der Waals surface area contributed by atoms with Gasteiger partial charge in [0, 0.05) is 12.5 Å². The summed E-state index contributed by atoms with van der Waals surface area (Å²) in [4.78, 5) is 35.5. The standard InChI is InChI=1S/C22H41NO6/c1-8-17(11-9-10-14(2)3)12-18(19(24)25)13-23-22(27)29-21(16(6)7)28-20(26)15(4)5/h14-18,21H,8-13H2,1-7H3,(H,23,27)(H,24,25)/t17-,18-,21-/m0/s1. The van der Waals surface area contributed by atoms with E-state index in [1.807, 2.05) is 0 Å². The highest BCUT2D eigenvalue weighted by Crippen LogP contribution is 2.23. The zero-order valence-corrected chi connectivity index (χ0v) is 19.2. The van der Waals surface area contributed by atoms with E-state index in [1.54, 1.807) is 27.7 Å². The van der Waals surface area contributed by atoms with Crippen LogP contribution in [0.15, 0.2) is 0 Å². The van der Waals surface area contributed by atoms with Gasteiger partial charge in [-0.25, -0.2) is 4.79 Å². The molecule has 7 nitrogen and oxygen atoms in total. The summed E-state index contributed by atoms with van der Waals surface area (Å²) < 4.78 is 10.4. The first-order chi connectivity index (χ1) is 13.5. The summed E-state index contributed by atoms with van der Waals surface area (Å²) in [5, 5.41) is 12.1. The first-order valence-electron chi connectivity index (χ1n) is 10.9. The lowest BCUT2D eigenvalue weighted by molar-refractivity contribution is -0.178. The van der Waals surface area contributed by atoms with Crippen LogP contribution in [0.25, 0.3) is 0 Å². The zero-order valence-electron chi connectivity index (χ0n) is 19.2. The monoisotopic (exact) mass is 415 g/mol. The minimum atomic E-state index is -1.01. The summed E-state index contributed by atoms with van der Waals surface area (Å²) in [6.07, 6.45) is 2.84. The van der Waals surface area contributed by atoms with Crippen molar-refractivity contribution in [2.24, 2.45) is 29.6 Å². The van der Waals surface area contributed by atoms with Crippen LogP contribution in [0.4, 0.5) is 4.79 Å². The van der Waals surface area contributed by atoms with Crippen molar-refractivity contribution in [2.45, 2.75) is 86.9 Å². The highest BCUT2D eigenvalue weighted by molar-refractivity contribution is 5.73. The number of carboxylic acids is 1. The molecule has 0 aliphatic rings. The summed E-state index contributed by atoms with van der Waals surface area (Å²) in [6.45, 7) is 13.3. The lowest BCUT2D eigenvalue weighted by Crippen LogP contribution is -2.39. The highest BCUT2D eigenvalue weighted by Gasteiger charge is 2.26. The number of hydrogen-bond donors (Lipinski definition) is 2. The molecular formula is C22H41NO6. The van der Waals surface area contributed by atoms with Crippen LogP contribution in [-0.4, -0.2) is 36.0 Å². The first-order valence-corrected chi connectivity index (χ1v) is 10.9. The van der Waals surface area contributed by atoms with Gasteiger partial charge in [0.1, 0.15) is 0 Å². The Morgan fingerprint density at radius 1 is 0.966 bits per heavy atom. The topological polar surface area (TPSA) is 102 Å². The van der Waals surface area contributed by atoms with Crippen LogP contribution in [0, 0.1) is 29.6 Å². The van der Waals surface area contributed by atoms with Crippen molar-refractivity contribution in [3.63, 3.8) is 0 Å². The molecule has 0 bridgehead atoms. The molecule has 0 radical (unpaired) electrons. The van der Waals surface area contributed by atoms with Crippen LogP contribution in [0.1, 0.15) is 80.6 Å². The first kappa shape index (κ1) is 27.2. The Labute approximate surface area is 175 Å². The number of amides is 1. The number of hydrogen-bond acceptors (Lipinski definition) is 5. The van der Waals surface area contributed by atoms with E-state index >= 15 is 0 Å². The molecular weight excluding hydrogens is 374 g/mol. The van der Waals surface area contributed by atoms with Gasteiger partial charge in [0.15, 0.2) is 0 Å². The fourth-order valence-corrected chi connectivity index (χ4v) is 2.88. The number of alkyl carbamates (subject to hydrolysis) is 1. The zero-order chi connectivity index (χ0) is 22.6. The fourth-order valence-electron chi connectivity index (χ4n) is 2.88. The SMILES string of the molecule is CC[C@@H](CCCC(C)C)C[C@@H](CNC(=O)O[C@H](OC(=O)C(C)C)C(C)C)C(=O)O. The van der Waals surface area contributed by atoms with Crippen LogP contribution in [0.5, 0.6) is 0 Å². The Morgan fingerprint density at radius 2 is 1.59 bits per heavy atom. The normalized spacial score (nSPS) is 14.6. The molecule has 0 aromatic heterocycles. The summed E-state index contributed by atoms with van der Waals surface area (Å²) in [5.74, 6) is -1.67. The Hall–Kier alpha value is -1.79. The van der Waals surface area contributed by atoms with Gasteiger partial charge >= 0.3 is 18.0 Å². The average molecular weight is 416 g/mol. The number of ether oxygens (including phenoxy) is 2. The van der Waals surface area contributed by atoms with Gasteiger partial charge < -0.3 is 19.9 Å². The fraction of sp³-hybridized carbons (Fsp3) is 0.864. The van der Waals surface area contributed by atoms with E-state index in [4.69, 9.17) is 9.47 Å². The lowest BCUT2D eigenvalue weighted by atomic mass is 9.87. The third-order valence-corrected chi connectivity index (χ3v) is 4.90. The van der Waals surface area contributed by atoms with Gasteiger partial charge in [-0.05, 0) is 18.3 Å². The molecule has 7 heteroatoms. The summed E-state index contributed by atoms with van der Waals surface area (Å²) >= 11 is 0. The number of carbonyl (C=O) groups excluding carboxylic acids is 2. The van der Waals surface area contributed by atoms with Gasteiger partial charge in [-0.3, -0.25) is 9.59 Å². The van der Waals surface area contributed by atoms with Crippen LogP contribution in [0.2, 0.25) is 0 Å². The summed E-state index contributed by atoms with van der Waals surface area (Å²) in [7, 11) is 0. The van der Waals surface area contributed by atoms with E-state index in [0.717, 1.165) is 25.7 Å². The summed E-state index contributed by atoms with van der Waals surface area (Å²) in [5.41, 5.74) is 0. The molecule has 0 fully saturated rings. The van der Waals surface area contributed by atoms with Crippen LogP contribution >= 0.6 is 0 Å². The molecule has 0 heterocycles. The quantitative estimate of drug-likeness (QED) is 0.311. The molecule has 0 aromatic carbocycles. The summed E-state index contributed by atoms with van der Waals surface area (Å²) in [6, 6.07) is 0. The smallest absolute Gasteiger partial charge is 0.410 e. The van der Waals surface area contributed by atoms with Crippen LogP contribution in [0.3, 0.4) is 0 Å². The molecule has 0 saturated heterocycles. The van der Waals surface area contributed by atoms with Gasteiger partial charge in [0.2, 0.25) is 0 Å². The predicted octanol–water partition coefficient (Wildman–Crippen LogP) is 4.84. The van der Waals surface area contributed by atoms with Crippen molar-refractivity contribution in [3.8, 4) is 0 Å². The van der Waals surface area contributed by atoms with E-state index in [9.17, 15) is 19.5 Å². The average Bonchev–Trinajstić information content (AvgIpc) is 2.62. The molecule has 0 unspecified atom stereocenters. The maximum Gasteiger partial charge on any atom is 0.410 e. The van der Waals surface area contributed by atoms with Crippen molar-refractivity contribution in [1.29, 1.82) is 0 Å². The number of nitrogens with one attached hydrogen (secondary N) is 1. The van der Waals surface area contributed by atoms with E-state index < -0.39 is 30.2 Å². The Balaban J connectivity index is 4.66. The van der Waals surface area contributed by atoms with Gasteiger partial charge in [0.25, 0.3) is 6.29 Å². The lowest BCUT2D eigenvalue weighted by Gasteiger charge is -2.24.